The number of benzene rings is 1. The number of alkyl halides is 3. The van der Waals surface area contributed by atoms with Crippen molar-refractivity contribution >= 4 is 17.9 Å². The molecular weight excluding hydrogens is 335 g/mol. The fourth-order valence-corrected chi connectivity index (χ4v) is 2.64. The number of rotatable bonds is 4. The van der Waals surface area contributed by atoms with Gasteiger partial charge in [-0.25, -0.2) is 4.98 Å². The number of aromatic nitrogens is 2. The van der Waals surface area contributed by atoms with Gasteiger partial charge in [-0.3, -0.25) is 9.36 Å². The van der Waals surface area contributed by atoms with Crippen LogP contribution in [0.1, 0.15) is 28.7 Å². The second-order valence-electron chi connectivity index (χ2n) is 5.52. The van der Waals surface area contributed by atoms with Gasteiger partial charge in [0.05, 0.1) is 12.8 Å². The summed E-state index contributed by atoms with van der Waals surface area (Å²) in [6.45, 7) is 1.80. The molecule has 1 aliphatic heterocycles. The Kier molecular flexibility index (Phi) is 4.28. The molecule has 5 nitrogen and oxygen atoms in total. The predicted octanol–water partition coefficient (Wildman–Crippen LogP) is 3.51. The first kappa shape index (κ1) is 17.1. The molecule has 0 amide bonds. The maximum atomic E-state index is 12.9. The third-order valence-electron chi connectivity index (χ3n) is 3.95. The molecule has 0 aliphatic carbocycles. The van der Waals surface area contributed by atoms with Crippen molar-refractivity contribution in [1.29, 1.82) is 0 Å². The van der Waals surface area contributed by atoms with Crippen LogP contribution in [0, 0.1) is 0 Å². The molecule has 0 saturated carbocycles. The fraction of sp³-hybridized carbons (Fsp3) is 0.294. The van der Waals surface area contributed by atoms with Gasteiger partial charge >= 0.3 is 6.18 Å². The van der Waals surface area contributed by atoms with Crippen LogP contribution in [0.3, 0.4) is 0 Å². The van der Waals surface area contributed by atoms with E-state index in [4.69, 9.17) is 4.74 Å². The van der Waals surface area contributed by atoms with Gasteiger partial charge in [-0.15, -0.1) is 0 Å². The van der Waals surface area contributed by atoms with Crippen LogP contribution in [0.25, 0.3) is 6.20 Å². The standard InChI is InChI=1S/C17H16F3N3O2/c1-3-12-14(15(24)10-4-6-11(25-2)7-5-10)23-9-8-13(17(18,19)20)22-16(23)21-12/h4-9,13H,3H2,1-2H3,(H,21,22). The van der Waals surface area contributed by atoms with Crippen molar-refractivity contribution < 1.29 is 22.7 Å². The number of nitrogens with one attached hydrogen (secondary N) is 1. The minimum absolute atomic E-state index is 0.0125. The lowest BCUT2D eigenvalue weighted by molar-refractivity contribution is -0.132. The van der Waals surface area contributed by atoms with Crippen LogP contribution < -0.4 is 10.1 Å². The first-order chi connectivity index (χ1) is 11.8. The summed E-state index contributed by atoms with van der Waals surface area (Å²) in [7, 11) is 1.52. The monoisotopic (exact) mass is 351 g/mol. The van der Waals surface area contributed by atoms with Crippen molar-refractivity contribution in [2.24, 2.45) is 0 Å². The zero-order valence-corrected chi connectivity index (χ0v) is 13.6. The molecule has 0 spiro atoms. The highest BCUT2D eigenvalue weighted by molar-refractivity contribution is 6.09. The van der Waals surface area contributed by atoms with Crippen molar-refractivity contribution in [2.45, 2.75) is 25.6 Å². The smallest absolute Gasteiger partial charge is 0.412 e. The zero-order chi connectivity index (χ0) is 18.2. The molecule has 3 rings (SSSR count). The lowest BCUT2D eigenvalue weighted by atomic mass is 10.1. The molecular formula is C17H16F3N3O2. The number of carbonyl (C=O) groups is 1. The Labute approximate surface area is 142 Å². The number of methoxy groups -OCH3 is 1. The van der Waals surface area contributed by atoms with Gasteiger partial charge in [0.2, 0.25) is 11.7 Å². The van der Waals surface area contributed by atoms with E-state index in [-0.39, 0.29) is 17.4 Å². The average molecular weight is 351 g/mol. The Morgan fingerprint density at radius 1 is 1.32 bits per heavy atom. The molecule has 1 aromatic heterocycles. The van der Waals surface area contributed by atoms with E-state index in [1.54, 1.807) is 31.2 Å². The quantitative estimate of drug-likeness (QED) is 0.857. The topological polar surface area (TPSA) is 56.2 Å². The van der Waals surface area contributed by atoms with E-state index >= 15 is 0 Å². The number of ether oxygens (including phenoxy) is 1. The van der Waals surface area contributed by atoms with E-state index in [0.29, 0.717) is 23.4 Å². The average Bonchev–Trinajstić information content (AvgIpc) is 2.98. The highest BCUT2D eigenvalue weighted by Gasteiger charge is 2.40. The van der Waals surface area contributed by atoms with E-state index in [1.807, 2.05) is 0 Å². The number of halogens is 3. The molecule has 0 radical (unpaired) electrons. The van der Waals surface area contributed by atoms with E-state index in [9.17, 15) is 18.0 Å². The van der Waals surface area contributed by atoms with E-state index in [1.165, 1.54) is 17.9 Å². The lowest BCUT2D eigenvalue weighted by Gasteiger charge is -2.23. The molecule has 0 saturated heterocycles. The molecule has 25 heavy (non-hydrogen) atoms. The van der Waals surface area contributed by atoms with E-state index in [2.05, 4.69) is 10.3 Å². The van der Waals surface area contributed by atoms with Crippen molar-refractivity contribution in [2.75, 3.05) is 12.4 Å². The third-order valence-corrected chi connectivity index (χ3v) is 3.95. The number of fused-ring (bicyclic) bond motifs is 1. The van der Waals surface area contributed by atoms with Crippen LogP contribution in [0.15, 0.2) is 30.3 Å². The third kappa shape index (κ3) is 3.11. The Morgan fingerprint density at radius 3 is 2.56 bits per heavy atom. The van der Waals surface area contributed by atoms with E-state index < -0.39 is 12.2 Å². The van der Waals surface area contributed by atoms with Crippen LogP contribution in [0.2, 0.25) is 0 Å². The number of imidazole rings is 1. The Balaban J connectivity index is 2.00. The summed E-state index contributed by atoms with van der Waals surface area (Å²) in [6.07, 6.45) is -1.80. The maximum Gasteiger partial charge on any atom is 0.412 e. The highest BCUT2D eigenvalue weighted by Crippen LogP contribution is 2.30. The number of carbonyl (C=O) groups excluding carboxylic acids is 1. The normalized spacial score (nSPS) is 16.3. The minimum Gasteiger partial charge on any atom is -0.497 e. The predicted molar refractivity (Wildman–Crippen MR) is 86.8 cm³/mol. The second kappa shape index (κ2) is 6.27. The summed E-state index contributed by atoms with van der Waals surface area (Å²) >= 11 is 0. The molecule has 0 bridgehead atoms. The van der Waals surface area contributed by atoms with Crippen LogP contribution in [-0.2, 0) is 6.42 Å². The van der Waals surface area contributed by atoms with Gasteiger partial charge in [-0.2, -0.15) is 13.2 Å². The molecule has 2 heterocycles. The first-order valence-electron chi connectivity index (χ1n) is 7.66. The van der Waals surface area contributed by atoms with Crippen molar-refractivity contribution in [1.82, 2.24) is 9.55 Å². The van der Waals surface area contributed by atoms with Crippen molar-refractivity contribution in [3.8, 4) is 5.75 Å². The molecule has 8 heteroatoms. The molecule has 132 valence electrons. The van der Waals surface area contributed by atoms with Gasteiger partial charge in [-0.05, 0) is 36.8 Å². The van der Waals surface area contributed by atoms with Gasteiger partial charge in [0.1, 0.15) is 17.5 Å². The molecule has 1 unspecified atom stereocenters. The molecule has 1 N–H and O–H groups in total. The highest BCUT2D eigenvalue weighted by atomic mass is 19.4. The Bertz CT molecular complexity index is 823. The number of aryl methyl sites for hydroxylation is 1. The van der Waals surface area contributed by atoms with Gasteiger partial charge in [0, 0.05) is 11.8 Å². The number of anilines is 1. The SMILES string of the molecule is CCc1nc2n(c1C(=O)c1ccc(OC)cc1)C=CC(C(F)(F)F)N2. The van der Waals surface area contributed by atoms with Gasteiger partial charge < -0.3 is 10.1 Å². The van der Waals surface area contributed by atoms with Crippen molar-refractivity contribution in [3.05, 3.63) is 47.3 Å². The lowest BCUT2D eigenvalue weighted by Crippen LogP contribution is -2.37. The summed E-state index contributed by atoms with van der Waals surface area (Å²) < 4.78 is 45.1. The van der Waals surface area contributed by atoms with Gasteiger partial charge in [0.15, 0.2) is 0 Å². The number of hydrogen-bond donors (Lipinski definition) is 1. The summed E-state index contributed by atoms with van der Waals surface area (Å²) in [6, 6.07) is 4.70. The molecule has 2 aromatic rings. The maximum absolute atomic E-state index is 12.9. The minimum atomic E-state index is -4.43. The van der Waals surface area contributed by atoms with Crippen molar-refractivity contribution in [3.63, 3.8) is 0 Å². The summed E-state index contributed by atoms with van der Waals surface area (Å²) in [5.74, 6) is 0.311. The van der Waals surface area contributed by atoms with Crippen LogP contribution >= 0.6 is 0 Å². The number of nitrogens with zero attached hydrogens (tertiary/aromatic N) is 2. The molecule has 1 atom stereocenters. The van der Waals surface area contributed by atoms with E-state index in [0.717, 1.165) is 6.08 Å². The molecule has 1 aliphatic rings. The fourth-order valence-electron chi connectivity index (χ4n) is 2.64. The summed E-state index contributed by atoms with van der Waals surface area (Å²) in [5, 5.41) is 2.32. The Hall–Kier alpha value is -2.77. The largest absolute Gasteiger partial charge is 0.497 e. The number of ketones is 1. The Morgan fingerprint density at radius 2 is 2.00 bits per heavy atom. The van der Waals surface area contributed by atoms with Gasteiger partial charge in [0.25, 0.3) is 0 Å². The second-order valence-corrected chi connectivity index (χ2v) is 5.52. The van der Waals surface area contributed by atoms with Gasteiger partial charge in [-0.1, -0.05) is 6.92 Å². The van der Waals surface area contributed by atoms with Crippen LogP contribution in [0.4, 0.5) is 19.1 Å². The van der Waals surface area contributed by atoms with Crippen LogP contribution in [0.5, 0.6) is 5.75 Å². The summed E-state index contributed by atoms with van der Waals surface area (Å²) in [5.41, 5.74) is 1.10. The first-order valence-corrected chi connectivity index (χ1v) is 7.66. The molecule has 1 aromatic carbocycles. The zero-order valence-electron chi connectivity index (χ0n) is 13.6. The number of hydrogen-bond acceptors (Lipinski definition) is 4. The summed E-state index contributed by atoms with van der Waals surface area (Å²) in [4.78, 5) is 17.0. The van der Waals surface area contributed by atoms with Crippen LogP contribution in [-0.4, -0.2) is 34.7 Å². The molecule has 0 fully saturated rings.